The van der Waals surface area contributed by atoms with Crippen molar-refractivity contribution in [1.82, 2.24) is 5.32 Å². The van der Waals surface area contributed by atoms with Gasteiger partial charge in [0.05, 0.1) is 4.47 Å². The quantitative estimate of drug-likeness (QED) is 0.892. The summed E-state index contributed by atoms with van der Waals surface area (Å²) in [5.74, 6) is -1.06. The van der Waals surface area contributed by atoms with Crippen LogP contribution in [0.3, 0.4) is 0 Å². The molecule has 0 saturated heterocycles. The second-order valence-electron chi connectivity index (χ2n) is 4.24. The number of carbonyl (C=O) groups is 2. The van der Waals surface area contributed by atoms with E-state index in [9.17, 15) is 14.0 Å². The Kier molecular flexibility index (Phi) is 4.70. The molecular weight excluding hydrogens is 339 g/mol. The molecule has 0 aliphatic rings. The van der Waals surface area contributed by atoms with E-state index in [0.717, 1.165) is 0 Å². The molecule has 2 aromatic carbocycles. The summed E-state index contributed by atoms with van der Waals surface area (Å²) in [5, 5.41) is 5.17. The van der Waals surface area contributed by atoms with E-state index in [1.54, 1.807) is 24.3 Å². The number of amides is 2. The van der Waals surface area contributed by atoms with Gasteiger partial charge in [-0.25, -0.2) is 4.39 Å². The summed E-state index contributed by atoms with van der Waals surface area (Å²) in [4.78, 5) is 23.6. The van der Waals surface area contributed by atoms with Crippen LogP contribution in [0.4, 0.5) is 10.1 Å². The molecule has 2 rings (SSSR count). The van der Waals surface area contributed by atoms with E-state index in [4.69, 9.17) is 0 Å². The van der Waals surface area contributed by atoms with Crippen molar-refractivity contribution >= 4 is 33.4 Å². The van der Waals surface area contributed by atoms with Crippen molar-refractivity contribution in [3.05, 3.63) is 63.9 Å². The second kappa shape index (κ2) is 6.49. The van der Waals surface area contributed by atoms with E-state index in [-0.39, 0.29) is 16.3 Å². The largest absolute Gasteiger partial charge is 0.355 e. The van der Waals surface area contributed by atoms with Gasteiger partial charge in [0.2, 0.25) is 0 Å². The van der Waals surface area contributed by atoms with Gasteiger partial charge in [-0.05, 0) is 52.3 Å². The normalized spacial score (nSPS) is 10.0. The molecule has 6 heteroatoms. The minimum absolute atomic E-state index is 0.217. The number of halogens is 2. The average Bonchev–Trinajstić information content (AvgIpc) is 2.49. The zero-order valence-corrected chi connectivity index (χ0v) is 12.7. The summed E-state index contributed by atoms with van der Waals surface area (Å²) in [6, 6.07) is 10.5. The molecule has 2 aromatic rings. The molecule has 0 fully saturated rings. The summed E-state index contributed by atoms with van der Waals surface area (Å²) in [7, 11) is 1.53. The Bertz CT molecular complexity index is 704. The van der Waals surface area contributed by atoms with Gasteiger partial charge in [-0.1, -0.05) is 6.07 Å². The highest BCUT2D eigenvalue weighted by Crippen LogP contribution is 2.18. The maximum Gasteiger partial charge on any atom is 0.255 e. The van der Waals surface area contributed by atoms with Crippen molar-refractivity contribution in [1.29, 1.82) is 0 Å². The molecule has 0 aromatic heterocycles. The van der Waals surface area contributed by atoms with Crippen LogP contribution < -0.4 is 10.6 Å². The third-order valence-electron chi connectivity index (χ3n) is 2.79. The lowest BCUT2D eigenvalue weighted by Gasteiger charge is -2.07. The van der Waals surface area contributed by atoms with E-state index >= 15 is 0 Å². The van der Waals surface area contributed by atoms with Gasteiger partial charge in [0, 0.05) is 23.9 Å². The lowest BCUT2D eigenvalue weighted by atomic mass is 10.1. The van der Waals surface area contributed by atoms with Gasteiger partial charge in [0.1, 0.15) is 5.82 Å². The Morgan fingerprint density at radius 3 is 2.43 bits per heavy atom. The molecule has 4 nitrogen and oxygen atoms in total. The predicted octanol–water partition coefficient (Wildman–Crippen LogP) is 3.20. The number of benzene rings is 2. The van der Waals surface area contributed by atoms with Crippen LogP contribution in [0, 0.1) is 5.82 Å². The van der Waals surface area contributed by atoms with E-state index in [1.165, 1.54) is 25.2 Å². The van der Waals surface area contributed by atoms with Crippen LogP contribution in [0.5, 0.6) is 0 Å². The molecule has 0 aliphatic heterocycles. The summed E-state index contributed by atoms with van der Waals surface area (Å²) in [6.45, 7) is 0. The lowest BCUT2D eigenvalue weighted by Crippen LogP contribution is -2.18. The number of hydrogen-bond acceptors (Lipinski definition) is 2. The number of carbonyl (C=O) groups excluding carboxylic acids is 2. The Hall–Kier alpha value is -2.21. The van der Waals surface area contributed by atoms with Gasteiger partial charge in [-0.2, -0.15) is 0 Å². The molecule has 0 spiro atoms. The zero-order chi connectivity index (χ0) is 15.4. The monoisotopic (exact) mass is 350 g/mol. The first-order valence-corrected chi connectivity index (χ1v) is 6.89. The molecular formula is C15H12BrFN2O2. The highest BCUT2D eigenvalue weighted by Gasteiger charge is 2.10. The minimum atomic E-state index is -0.437. The Balaban J connectivity index is 2.19. The number of rotatable bonds is 3. The molecule has 0 atom stereocenters. The van der Waals surface area contributed by atoms with E-state index in [2.05, 4.69) is 26.6 Å². The maximum atomic E-state index is 13.1. The summed E-state index contributed by atoms with van der Waals surface area (Å²) >= 11 is 3.03. The van der Waals surface area contributed by atoms with Crippen molar-refractivity contribution in [2.75, 3.05) is 12.4 Å². The SMILES string of the molecule is CNC(=O)c1cccc(NC(=O)c2ccc(F)c(Br)c2)c1. The molecule has 0 saturated carbocycles. The summed E-state index contributed by atoms with van der Waals surface area (Å²) in [6.07, 6.45) is 0. The second-order valence-corrected chi connectivity index (χ2v) is 5.10. The van der Waals surface area contributed by atoms with Crippen molar-refractivity contribution < 1.29 is 14.0 Å². The van der Waals surface area contributed by atoms with Gasteiger partial charge in [0.25, 0.3) is 11.8 Å². The van der Waals surface area contributed by atoms with Gasteiger partial charge in [0.15, 0.2) is 0 Å². The van der Waals surface area contributed by atoms with Crippen LogP contribution in [0.15, 0.2) is 46.9 Å². The van der Waals surface area contributed by atoms with Gasteiger partial charge < -0.3 is 10.6 Å². The molecule has 21 heavy (non-hydrogen) atoms. The molecule has 2 N–H and O–H groups in total. The van der Waals surface area contributed by atoms with E-state index < -0.39 is 5.82 Å². The first-order valence-electron chi connectivity index (χ1n) is 6.10. The van der Waals surface area contributed by atoms with Crippen LogP contribution >= 0.6 is 15.9 Å². The van der Waals surface area contributed by atoms with Crippen molar-refractivity contribution in [3.8, 4) is 0 Å². The standard InChI is InChI=1S/C15H12BrFN2O2/c1-18-14(20)9-3-2-4-11(7-9)19-15(21)10-5-6-13(17)12(16)8-10/h2-8H,1H3,(H,18,20)(H,19,21). The summed E-state index contributed by atoms with van der Waals surface area (Å²) < 4.78 is 13.4. The molecule has 0 unspecified atom stereocenters. The van der Waals surface area contributed by atoms with Gasteiger partial charge in [-0.15, -0.1) is 0 Å². The van der Waals surface area contributed by atoms with Gasteiger partial charge in [-0.3, -0.25) is 9.59 Å². The molecule has 108 valence electrons. The molecule has 0 bridgehead atoms. The first-order chi connectivity index (χ1) is 10.0. The fourth-order valence-corrected chi connectivity index (χ4v) is 2.10. The van der Waals surface area contributed by atoms with Crippen LogP contribution in [0.25, 0.3) is 0 Å². The molecule has 2 amide bonds. The highest BCUT2D eigenvalue weighted by atomic mass is 79.9. The topological polar surface area (TPSA) is 58.2 Å². The van der Waals surface area contributed by atoms with E-state index in [0.29, 0.717) is 16.8 Å². The van der Waals surface area contributed by atoms with E-state index in [1.807, 2.05) is 0 Å². The number of hydrogen-bond donors (Lipinski definition) is 2. The van der Waals surface area contributed by atoms with Crippen LogP contribution in [0.2, 0.25) is 0 Å². The molecule has 0 radical (unpaired) electrons. The minimum Gasteiger partial charge on any atom is -0.355 e. The Labute approximate surface area is 129 Å². The van der Waals surface area contributed by atoms with Crippen LogP contribution in [0.1, 0.15) is 20.7 Å². The third-order valence-corrected chi connectivity index (χ3v) is 3.40. The molecule has 0 aliphatic carbocycles. The Morgan fingerprint density at radius 1 is 1.05 bits per heavy atom. The van der Waals surface area contributed by atoms with Gasteiger partial charge >= 0.3 is 0 Å². The van der Waals surface area contributed by atoms with Crippen LogP contribution in [-0.4, -0.2) is 18.9 Å². The van der Waals surface area contributed by atoms with Crippen LogP contribution in [-0.2, 0) is 0 Å². The lowest BCUT2D eigenvalue weighted by molar-refractivity contribution is 0.0961. The van der Waals surface area contributed by atoms with Crippen molar-refractivity contribution in [3.63, 3.8) is 0 Å². The predicted molar refractivity (Wildman–Crippen MR) is 81.9 cm³/mol. The molecule has 0 heterocycles. The number of anilines is 1. The fraction of sp³-hybridized carbons (Fsp3) is 0.0667. The van der Waals surface area contributed by atoms with Crippen molar-refractivity contribution in [2.24, 2.45) is 0 Å². The fourth-order valence-electron chi connectivity index (χ4n) is 1.72. The maximum absolute atomic E-state index is 13.1. The third kappa shape index (κ3) is 3.66. The highest BCUT2D eigenvalue weighted by molar-refractivity contribution is 9.10. The first kappa shape index (κ1) is 15.2. The summed E-state index contributed by atoms with van der Waals surface area (Å²) in [5.41, 5.74) is 1.24. The smallest absolute Gasteiger partial charge is 0.255 e. The van der Waals surface area contributed by atoms with Crippen molar-refractivity contribution in [2.45, 2.75) is 0 Å². The Morgan fingerprint density at radius 2 is 1.76 bits per heavy atom. The zero-order valence-electron chi connectivity index (χ0n) is 11.1. The average molecular weight is 351 g/mol. The number of nitrogens with one attached hydrogen (secondary N) is 2.